The Hall–Kier alpha value is -2.59. The number of rotatable bonds is 6. The summed E-state index contributed by atoms with van der Waals surface area (Å²) in [7, 11) is 0. The smallest absolute Gasteiger partial charge is 0.122 e. The summed E-state index contributed by atoms with van der Waals surface area (Å²) in [5.74, 6) is 1.65. The fourth-order valence-corrected chi connectivity index (χ4v) is 2.35. The summed E-state index contributed by atoms with van der Waals surface area (Å²) in [4.78, 5) is 0.673. The molecule has 3 nitrogen and oxygen atoms in total. The van der Waals surface area contributed by atoms with Crippen LogP contribution in [0.5, 0.6) is 5.75 Å². The van der Waals surface area contributed by atoms with Crippen LogP contribution in [0.4, 0.5) is 0 Å². The minimum absolute atomic E-state index is 0.539. The topological polar surface area (TPSA) is 34.4 Å². The van der Waals surface area contributed by atoms with Gasteiger partial charge in [-0.1, -0.05) is 54.7 Å². The van der Waals surface area contributed by atoms with Crippen LogP contribution in [-0.4, -0.2) is 4.99 Å². The summed E-state index contributed by atoms with van der Waals surface area (Å²) >= 11 is 5.42. The molecule has 1 N–H and O–H groups in total. The minimum atomic E-state index is 0.539. The van der Waals surface area contributed by atoms with E-state index < -0.39 is 0 Å². The molecule has 0 saturated carbocycles. The van der Waals surface area contributed by atoms with Crippen molar-refractivity contribution in [1.82, 2.24) is 5.32 Å². The summed E-state index contributed by atoms with van der Waals surface area (Å²) < 4.78 is 11.1. The predicted octanol–water partition coefficient (Wildman–Crippen LogP) is 4.32. The van der Waals surface area contributed by atoms with Crippen molar-refractivity contribution in [3.63, 3.8) is 0 Å². The second-order valence-electron chi connectivity index (χ2n) is 5.06. The molecule has 0 aliphatic heterocycles. The Morgan fingerprint density at radius 2 is 1.87 bits per heavy atom. The Morgan fingerprint density at radius 3 is 2.65 bits per heavy atom. The normalized spacial score (nSPS) is 10.3. The van der Waals surface area contributed by atoms with E-state index in [1.54, 1.807) is 6.26 Å². The molecule has 3 aromatic rings. The highest BCUT2D eigenvalue weighted by Gasteiger charge is 2.04. The Bertz CT molecular complexity index is 754. The first-order valence-corrected chi connectivity index (χ1v) is 7.79. The first kappa shape index (κ1) is 15.3. The summed E-state index contributed by atoms with van der Waals surface area (Å²) in [5, 5.41) is 3.18. The second kappa shape index (κ2) is 7.61. The van der Waals surface area contributed by atoms with Crippen molar-refractivity contribution >= 4 is 17.2 Å². The zero-order valence-corrected chi connectivity index (χ0v) is 13.4. The van der Waals surface area contributed by atoms with Crippen LogP contribution in [0.2, 0.25) is 0 Å². The van der Waals surface area contributed by atoms with Gasteiger partial charge in [0.2, 0.25) is 0 Å². The Morgan fingerprint density at radius 1 is 1.00 bits per heavy atom. The van der Waals surface area contributed by atoms with E-state index in [-0.39, 0.29) is 0 Å². The molecule has 0 bridgehead atoms. The third-order valence-electron chi connectivity index (χ3n) is 3.35. The highest BCUT2D eigenvalue weighted by molar-refractivity contribution is 7.80. The number of thiocarbonyl (C=S) groups is 1. The van der Waals surface area contributed by atoms with Gasteiger partial charge in [0.25, 0.3) is 0 Å². The molecule has 4 heteroatoms. The lowest BCUT2D eigenvalue weighted by molar-refractivity contribution is 0.306. The fraction of sp³-hybridized carbons (Fsp3) is 0.105. The second-order valence-corrected chi connectivity index (χ2v) is 5.47. The molecule has 116 valence electrons. The molecule has 3 rings (SSSR count). The maximum Gasteiger partial charge on any atom is 0.122 e. The van der Waals surface area contributed by atoms with E-state index in [4.69, 9.17) is 21.4 Å². The van der Waals surface area contributed by atoms with Crippen molar-refractivity contribution < 1.29 is 9.15 Å². The number of benzene rings is 2. The number of furan rings is 1. The zero-order chi connectivity index (χ0) is 15.9. The molecule has 0 radical (unpaired) electrons. The zero-order valence-electron chi connectivity index (χ0n) is 12.6. The van der Waals surface area contributed by atoms with Crippen LogP contribution in [0.25, 0.3) is 0 Å². The molecular formula is C19H17NO2S. The molecule has 1 heterocycles. The van der Waals surface area contributed by atoms with Crippen LogP contribution in [0, 0.1) is 0 Å². The van der Waals surface area contributed by atoms with Crippen molar-refractivity contribution in [2.75, 3.05) is 0 Å². The fourth-order valence-electron chi connectivity index (χ4n) is 2.15. The Labute approximate surface area is 140 Å². The van der Waals surface area contributed by atoms with Gasteiger partial charge in [-0.2, -0.15) is 0 Å². The maximum atomic E-state index is 5.83. The first-order chi connectivity index (χ1) is 11.3. The third kappa shape index (κ3) is 4.44. The molecule has 0 fully saturated rings. The highest BCUT2D eigenvalue weighted by atomic mass is 32.1. The number of ether oxygens (including phenoxy) is 1. The standard InChI is InChI=1S/C19H17NO2S/c23-19(20-13-18-10-5-11-21-18)16-8-4-9-17(12-16)22-14-15-6-2-1-3-7-15/h1-12H,13-14H2,(H,20,23). The molecule has 0 aliphatic rings. The molecule has 23 heavy (non-hydrogen) atoms. The van der Waals surface area contributed by atoms with Crippen LogP contribution in [-0.2, 0) is 13.2 Å². The minimum Gasteiger partial charge on any atom is -0.489 e. The van der Waals surface area contributed by atoms with Gasteiger partial charge in [0.15, 0.2) is 0 Å². The summed E-state index contributed by atoms with van der Waals surface area (Å²) in [6.45, 7) is 1.11. The summed E-state index contributed by atoms with van der Waals surface area (Å²) in [5.41, 5.74) is 2.06. The van der Waals surface area contributed by atoms with E-state index in [1.165, 1.54) is 0 Å². The largest absolute Gasteiger partial charge is 0.489 e. The maximum absolute atomic E-state index is 5.83. The van der Waals surface area contributed by atoms with Gasteiger partial charge in [-0.25, -0.2) is 0 Å². The van der Waals surface area contributed by atoms with E-state index in [0.29, 0.717) is 18.1 Å². The molecule has 2 aromatic carbocycles. The van der Waals surface area contributed by atoms with Crippen molar-refractivity contribution in [2.24, 2.45) is 0 Å². The lowest BCUT2D eigenvalue weighted by Gasteiger charge is -2.10. The predicted molar refractivity (Wildman–Crippen MR) is 94.5 cm³/mol. The Kier molecular flexibility index (Phi) is 5.06. The van der Waals surface area contributed by atoms with Crippen LogP contribution in [0.3, 0.4) is 0 Å². The van der Waals surface area contributed by atoms with E-state index >= 15 is 0 Å². The van der Waals surface area contributed by atoms with Gasteiger partial charge in [-0.05, 0) is 29.8 Å². The van der Waals surface area contributed by atoms with Gasteiger partial charge in [0.05, 0.1) is 12.8 Å². The van der Waals surface area contributed by atoms with E-state index in [9.17, 15) is 0 Å². The highest BCUT2D eigenvalue weighted by Crippen LogP contribution is 2.16. The number of hydrogen-bond donors (Lipinski definition) is 1. The number of nitrogens with one attached hydrogen (secondary N) is 1. The third-order valence-corrected chi connectivity index (χ3v) is 3.73. The van der Waals surface area contributed by atoms with Crippen LogP contribution < -0.4 is 10.1 Å². The number of hydrogen-bond acceptors (Lipinski definition) is 3. The molecule has 0 saturated heterocycles. The van der Waals surface area contributed by atoms with Gasteiger partial charge in [-0.15, -0.1) is 0 Å². The lowest BCUT2D eigenvalue weighted by Crippen LogP contribution is -2.21. The summed E-state index contributed by atoms with van der Waals surface area (Å²) in [6.07, 6.45) is 1.65. The molecular weight excluding hydrogens is 306 g/mol. The average Bonchev–Trinajstić information content (AvgIpc) is 3.12. The Balaban J connectivity index is 1.59. The van der Waals surface area contributed by atoms with Gasteiger partial charge in [0.1, 0.15) is 23.1 Å². The van der Waals surface area contributed by atoms with E-state index in [0.717, 1.165) is 22.6 Å². The molecule has 1 aromatic heterocycles. The monoisotopic (exact) mass is 323 g/mol. The molecule has 0 atom stereocenters. The van der Waals surface area contributed by atoms with Gasteiger partial charge < -0.3 is 14.5 Å². The van der Waals surface area contributed by atoms with Gasteiger partial charge >= 0.3 is 0 Å². The molecule has 0 spiro atoms. The first-order valence-electron chi connectivity index (χ1n) is 7.38. The van der Waals surface area contributed by atoms with Crippen molar-refractivity contribution in [2.45, 2.75) is 13.2 Å². The van der Waals surface area contributed by atoms with Gasteiger partial charge in [-0.3, -0.25) is 0 Å². The van der Waals surface area contributed by atoms with Crippen LogP contribution in [0.15, 0.2) is 77.4 Å². The van der Waals surface area contributed by atoms with Crippen LogP contribution >= 0.6 is 12.2 Å². The van der Waals surface area contributed by atoms with Crippen molar-refractivity contribution in [3.8, 4) is 5.75 Å². The van der Waals surface area contributed by atoms with Crippen molar-refractivity contribution in [1.29, 1.82) is 0 Å². The average molecular weight is 323 g/mol. The van der Waals surface area contributed by atoms with Crippen LogP contribution in [0.1, 0.15) is 16.9 Å². The molecule has 0 unspecified atom stereocenters. The lowest BCUT2D eigenvalue weighted by atomic mass is 10.2. The molecule has 0 aliphatic carbocycles. The van der Waals surface area contributed by atoms with E-state index in [2.05, 4.69) is 5.32 Å². The van der Waals surface area contributed by atoms with E-state index in [1.807, 2.05) is 66.7 Å². The molecule has 0 amide bonds. The SMILES string of the molecule is S=C(NCc1ccco1)c1cccc(OCc2ccccc2)c1. The van der Waals surface area contributed by atoms with Crippen molar-refractivity contribution in [3.05, 3.63) is 89.9 Å². The summed E-state index contributed by atoms with van der Waals surface area (Å²) in [6, 6.07) is 21.6. The van der Waals surface area contributed by atoms with Gasteiger partial charge in [0, 0.05) is 5.56 Å². The quantitative estimate of drug-likeness (QED) is 0.685.